The Morgan fingerprint density at radius 3 is 2.41 bits per heavy atom. The van der Waals surface area contributed by atoms with Crippen LogP contribution in [0.2, 0.25) is 0 Å². The average Bonchev–Trinajstić information content (AvgIpc) is 2.54. The van der Waals surface area contributed by atoms with Gasteiger partial charge in [-0.1, -0.05) is 17.7 Å². The van der Waals surface area contributed by atoms with Gasteiger partial charge in [0, 0.05) is 0 Å². The van der Waals surface area contributed by atoms with Crippen LogP contribution in [0.4, 0.5) is 0 Å². The van der Waals surface area contributed by atoms with E-state index in [4.69, 9.17) is 5.26 Å². The lowest BCUT2D eigenvalue weighted by atomic mass is 10.1. The maximum atomic E-state index is 9.07. The van der Waals surface area contributed by atoms with Crippen molar-refractivity contribution in [2.45, 2.75) is 27.7 Å². The Labute approximate surface area is 101 Å². The minimum absolute atomic E-state index is 0.671. The van der Waals surface area contributed by atoms with Gasteiger partial charge in [0.25, 0.3) is 0 Å². The zero-order valence-corrected chi connectivity index (χ0v) is 10.6. The molecule has 3 nitrogen and oxygen atoms in total. The van der Waals surface area contributed by atoms with Crippen LogP contribution in [0, 0.1) is 39.0 Å². The lowest BCUT2D eigenvalue weighted by molar-refractivity contribution is 0.827. The second kappa shape index (κ2) is 4.06. The molecule has 0 aliphatic heterocycles. The zero-order chi connectivity index (χ0) is 12.6. The molecule has 17 heavy (non-hydrogen) atoms. The van der Waals surface area contributed by atoms with Gasteiger partial charge in [-0.25, -0.2) is 4.68 Å². The first-order valence-corrected chi connectivity index (χ1v) is 5.58. The van der Waals surface area contributed by atoms with E-state index in [0.717, 1.165) is 17.1 Å². The number of benzene rings is 1. The fourth-order valence-corrected chi connectivity index (χ4v) is 2.08. The Morgan fingerprint density at radius 1 is 1.18 bits per heavy atom. The summed E-state index contributed by atoms with van der Waals surface area (Å²) in [6.45, 7) is 7.92. The molecule has 86 valence electrons. The molecule has 0 N–H and O–H groups in total. The van der Waals surface area contributed by atoms with E-state index in [2.05, 4.69) is 37.1 Å². The molecule has 0 spiro atoms. The van der Waals surface area contributed by atoms with Crippen LogP contribution in [0.5, 0.6) is 0 Å². The standard InChI is InChI=1S/C14H15N3/c1-9-5-6-14(10(2)7-9)17-12(4)13(8-15)11(3)16-17/h5-7H,1-4H3. The summed E-state index contributed by atoms with van der Waals surface area (Å²) >= 11 is 0. The highest BCUT2D eigenvalue weighted by Gasteiger charge is 2.13. The first-order valence-electron chi connectivity index (χ1n) is 5.58. The fraction of sp³-hybridized carbons (Fsp3) is 0.286. The molecule has 3 heteroatoms. The first kappa shape index (κ1) is 11.4. The van der Waals surface area contributed by atoms with Gasteiger partial charge in [-0.2, -0.15) is 10.4 Å². The third kappa shape index (κ3) is 1.83. The molecule has 1 aromatic carbocycles. The summed E-state index contributed by atoms with van der Waals surface area (Å²) in [6.07, 6.45) is 0. The van der Waals surface area contributed by atoms with Crippen molar-refractivity contribution in [2.75, 3.05) is 0 Å². The molecule has 0 radical (unpaired) electrons. The van der Waals surface area contributed by atoms with Gasteiger partial charge in [0.05, 0.1) is 22.6 Å². The van der Waals surface area contributed by atoms with Crippen LogP contribution in [-0.2, 0) is 0 Å². The van der Waals surface area contributed by atoms with Gasteiger partial charge in [0.1, 0.15) is 6.07 Å². The molecule has 0 aliphatic carbocycles. The Hall–Kier alpha value is -2.08. The SMILES string of the molecule is Cc1ccc(-n2nc(C)c(C#N)c2C)c(C)c1. The van der Waals surface area contributed by atoms with Crippen LogP contribution in [-0.4, -0.2) is 9.78 Å². The molecule has 0 saturated carbocycles. The van der Waals surface area contributed by atoms with Crippen molar-refractivity contribution in [1.82, 2.24) is 9.78 Å². The second-order valence-corrected chi connectivity index (χ2v) is 4.36. The highest BCUT2D eigenvalue weighted by molar-refractivity contribution is 5.47. The van der Waals surface area contributed by atoms with Gasteiger partial charge in [-0.15, -0.1) is 0 Å². The molecule has 0 aliphatic rings. The Balaban J connectivity index is 2.66. The van der Waals surface area contributed by atoms with E-state index in [1.54, 1.807) is 0 Å². The van der Waals surface area contributed by atoms with Crippen molar-refractivity contribution >= 4 is 0 Å². The van der Waals surface area contributed by atoms with Crippen molar-refractivity contribution in [2.24, 2.45) is 0 Å². The van der Waals surface area contributed by atoms with Crippen LogP contribution >= 0.6 is 0 Å². The molecule has 2 rings (SSSR count). The molecule has 0 fully saturated rings. The first-order chi connectivity index (χ1) is 8.04. The van der Waals surface area contributed by atoms with Crippen LogP contribution < -0.4 is 0 Å². The predicted octanol–water partition coefficient (Wildman–Crippen LogP) is 2.98. The van der Waals surface area contributed by atoms with Crippen molar-refractivity contribution in [3.8, 4) is 11.8 Å². The van der Waals surface area contributed by atoms with E-state index in [9.17, 15) is 0 Å². The Kier molecular flexibility index (Phi) is 2.72. The van der Waals surface area contributed by atoms with Crippen molar-refractivity contribution in [1.29, 1.82) is 5.26 Å². The predicted molar refractivity (Wildman–Crippen MR) is 67.2 cm³/mol. The minimum atomic E-state index is 0.671. The minimum Gasteiger partial charge on any atom is -0.236 e. The summed E-state index contributed by atoms with van der Waals surface area (Å²) in [7, 11) is 0. The van der Waals surface area contributed by atoms with Crippen LogP contribution in [0.3, 0.4) is 0 Å². The van der Waals surface area contributed by atoms with E-state index in [1.807, 2.05) is 24.6 Å². The Bertz CT molecular complexity index is 615. The molecular formula is C14H15N3. The van der Waals surface area contributed by atoms with Crippen LogP contribution in [0.25, 0.3) is 5.69 Å². The lowest BCUT2D eigenvalue weighted by Crippen LogP contribution is -2.01. The van der Waals surface area contributed by atoms with E-state index in [1.165, 1.54) is 11.1 Å². The summed E-state index contributed by atoms with van der Waals surface area (Å²) in [5, 5.41) is 13.5. The summed E-state index contributed by atoms with van der Waals surface area (Å²) < 4.78 is 1.85. The number of aryl methyl sites for hydroxylation is 3. The molecule has 0 atom stereocenters. The summed E-state index contributed by atoms with van der Waals surface area (Å²) in [5.41, 5.74) is 5.79. The van der Waals surface area contributed by atoms with Crippen LogP contribution in [0.1, 0.15) is 28.1 Å². The van der Waals surface area contributed by atoms with Gasteiger partial charge >= 0.3 is 0 Å². The molecule has 1 aromatic heterocycles. The third-order valence-corrected chi connectivity index (χ3v) is 2.98. The molecule has 2 aromatic rings. The molecule has 0 bridgehead atoms. The van der Waals surface area contributed by atoms with Crippen molar-refractivity contribution < 1.29 is 0 Å². The quantitative estimate of drug-likeness (QED) is 0.748. The maximum absolute atomic E-state index is 9.07. The second-order valence-electron chi connectivity index (χ2n) is 4.36. The number of nitriles is 1. The molecule has 1 heterocycles. The fourth-order valence-electron chi connectivity index (χ4n) is 2.08. The summed E-state index contributed by atoms with van der Waals surface area (Å²) in [4.78, 5) is 0. The molecular weight excluding hydrogens is 210 g/mol. The highest BCUT2D eigenvalue weighted by Crippen LogP contribution is 2.20. The van der Waals surface area contributed by atoms with Gasteiger partial charge in [0.2, 0.25) is 0 Å². The maximum Gasteiger partial charge on any atom is 0.103 e. The monoisotopic (exact) mass is 225 g/mol. The van der Waals surface area contributed by atoms with E-state index < -0.39 is 0 Å². The lowest BCUT2D eigenvalue weighted by Gasteiger charge is -2.08. The van der Waals surface area contributed by atoms with E-state index in [0.29, 0.717) is 5.56 Å². The smallest absolute Gasteiger partial charge is 0.103 e. The molecule has 0 saturated heterocycles. The Morgan fingerprint density at radius 2 is 1.88 bits per heavy atom. The highest BCUT2D eigenvalue weighted by atomic mass is 15.3. The summed E-state index contributed by atoms with van der Waals surface area (Å²) in [5.74, 6) is 0. The van der Waals surface area contributed by atoms with Gasteiger partial charge in [-0.05, 0) is 39.3 Å². The number of hydrogen-bond acceptors (Lipinski definition) is 2. The summed E-state index contributed by atoms with van der Waals surface area (Å²) in [6, 6.07) is 8.43. The van der Waals surface area contributed by atoms with E-state index in [-0.39, 0.29) is 0 Å². The zero-order valence-electron chi connectivity index (χ0n) is 10.6. The molecule has 0 amide bonds. The van der Waals surface area contributed by atoms with E-state index >= 15 is 0 Å². The van der Waals surface area contributed by atoms with Crippen LogP contribution in [0.15, 0.2) is 18.2 Å². The third-order valence-electron chi connectivity index (χ3n) is 2.98. The normalized spacial score (nSPS) is 10.3. The van der Waals surface area contributed by atoms with Gasteiger partial charge < -0.3 is 0 Å². The average molecular weight is 225 g/mol. The van der Waals surface area contributed by atoms with Crippen molar-refractivity contribution in [3.63, 3.8) is 0 Å². The topological polar surface area (TPSA) is 41.6 Å². The van der Waals surface area contributed by atoms with Crippen molar-refractivity contribution in [3.05, 3.63) is 46.3 Å². The largest absolute Gasteiger partial charge is 0.236 e. The number of hydrogen-bond donors (Lipinski definition) is 0. The number of nitrogens with zero attached hydrogens (tertiary/aromatic N) is 3. The number of aromatic nitrogens is 2. The van der Waals surface area contributed by atoms with Gasteiger partial charge in [-0.3, -0.25) is 0 Å². The molecule has 0 unspecified atom stereocenters. The van der Waals surface area contributed by atoms with Gasteiger partial charge in [0.15, 0.2) is 0 Å². The number of rotatable bonds is 1.